The summed E-state index contributed by atoms with van der Waals surface area (Å²) in [5, 5.41) is 14.0. The first-order chi connectivity index (χ1) is 10.6. The monoisotopic (exact) mass is 302 g/mol. The van der Waals surface area contributed by atoms with Crippen LogP contribution in [-0.4, -0.2) is 18.6 Å². The summed E-state index contributed by atoms with van der Waals surface area (Å²) in [7, 11) is 1.53. The van der Waals surface area contributed by atoms with Gasteiger partial charge in [0.1, 0.15) is 11.5 Å². The van der Waals surface area contributed by atoms with Crippen molar-refractivity contribution in [2.45, 2.75) is 13.5 Å². The summed E-state index contributed by atoms with van der Waals surface area (Å²) < 4.78 is 10.6. The molecule has 2 aromatic rings. The van der Waals surface area contributed by atoms with Gasteiger partial charge in [-0.1, -0.05) is 12.1 Å². The quantitative estimate of drug-likeness (QED) is 0.624. The number of rotatable bonds is 7. The molecule has 1 N–H and O–H groups in total. The summed E-state index contributed by atoms with van der Waals surface area (Å²) in [6, 6.07) is 12.1. The molecule has 0 aromatic heterocycles. The van der Waals surface area contributed by atoms with E-state index in [9.17, 15) is 10.1 Å². The van der Waals surface area contributed by atoms with Crippen molar-refractivity contribution in [2.75, 3.05) is 19.0 Å². The molecule has 0 aliphatic heterocycles. The Hall–Kier alpha value is -2.76. The van der Waals surface area contributed by atoms with E-state index < -0.39 is 4.92 Å². The van der Waals surface area contributed by atoms with Crippen LogP contribution in [0.1, 0.15) is 12.5 Å². The van der Waals surface area contributed by atoms with Crippen molar-refractivity contribution in [1.29, 1.82) is 0 Å². The van der Waals surface area contributed by atoms with Crippen molar-refractivity contribution in [2.24, 2.45) is 0 Å². The minimum atomic E-state index is -0.429. The van der Waals surface area contributed by atoms with Gasteiger partial charge < -0.3 is 14.8 Å². The van der Waals surface area contributed by atoms with Gasteiger partial charge >= 0.3 is 0 Å². The highest BCUT2D eigenvalue weighted by Crippen LogP contribution is 2.29. The molecule has 0 unspecified atom stereocenters. The fraction of sp³-hybridized carbons (Fsp3) is 0.250. The Labute approximate surface area is 128 Å². The zero-order chi connectivity index (χ0) is 15.9. The van der Waals surface area contributed by atoms with E-state index in [1.54, 1.807) is 6.07 Å². The van der Waals surface area contributed by atoms with Gasteiger partial charge in [-0.2, -0.15) is 0 Å². The first kappa shape index (κ1) is 15.6. The minimum Gasteiger partial charge on any atom is -0.495 e. The first-order valence-corrected chi connectivity index (χ1v) is 6.92. The van der Waals surface area contributed by atoms with E-state index >= 15 is 0 Å². The van der Waals surface area contributed by atoms with Gasteiger partial charge in [0.25, 0.3) is 5.69 Å². The van der Waals surface area contributed by atoms with E-state index in [-0.39, 0.29) is 5.69 Å². The van der Waals surface area contributed by atoms with Gasteiger partial charge in [0.15, 0.2) is 0 Å². The van der Waals surface area contributed by atoms with Crippen molar-refractivity contribution >= 4 is 11.4 Å². The third-order valence-corrected chi connectivity index (χ3v) is 3.11. The van der Waals surface area contributed by atoms with E-state index in [1.165, 1.54) is 19.2 Å². The maximum Gasteiger partial charge on any atom is 0.271 e. The zero-order valence-electron chi connectivity index (χ0n) is 12.5. The Morgan fingerprint density at radius 3 is 2.50 bits per heavy atom. The Kier molecular flexibility index (Phi) is 5.19. The second-order valence-corrected chi connectivity index (χ2v) is 4.57. The lowest BCUT2D eigenvalue weighted by Gasteiger charge is -2.11. The predicted molar refractivity (Wildman–Crippen MR) is 84.6 cm³/mol. The number of hydrogen-bond acceptors (Lipinski definition) is 5. The van der Waals surface area contributed by atoms with E-state index in [2.05, 4.69) is 5.32 Å². The average Bonchev–Trinajstić information content (AvgIpc) is 2.54. The molecule has 2 rings (SSSR count). The smallest absolute Gasteiger partial charge is 0.271 e. The number of nitro groups is 1. The predicted octanol–water partition coefficient (Wildman–Crippen LogP) is 3.61. The van der Waals surface area contributed by atoms with Gasteiger partial charge in [-0.3, -0.25) is 10.1 Å². The Morgan fingerprint density at radius 2 is 1.91 bits per heavy atom. The van der Waals surface area contributed by atoms with E-state index in [0.29, 0.717) is 24.6 Å². The van der Waals surface area contributed by atoms with Gasteiger partial charge in [-0.25, -0.2) is 0 Å². The number of nitrogens with zero attached hydrogens (tertiary/aromatic N) is 1. The topological polar surface area (TPSA) is 73.6 Å². The van der Waals surface area contributed by atoms with Crippen LogP contribution >= 0.6 is 0 Å². The molecule has 0 fully saturated rings. The normalized spacial score (nSPS) is 10.1. The van der Waals surface area contributed by atoms with Crippen molar-refractivity contribution in [1.82, 2.24) is 0 Å². The van der Waals surface area contributed by atoms with Crippen molar-refractivity contribution in [3.05, 3.63) is 58.1 Å². The number of non-ortho nitro benzene ring substituents is 1. The maximum atomic E-state index is 10.8. The number of nitrogens with one attached hydrogen (secondary N) is 1. The molecule has 6 heteroatoms. The number of benzene rings is 2. The molecule has 0 saturated heterocycles. The Morgan fingerprint density at radius 1 is 1.18 bits per heavy atom. The molecule has 0 atom stereocenters. The molecule has 0 bridgehead atoms. The molecule has 22 heavy (non-hydrogen) atoms. The van der Waals surface area contributed by atoms with Crippen molar-refractivity contribution < 1.29 is 14.4 Å². The van der Waals surface area contributed by atoms with E-state index in [1.807, 2.05) is 31.2 Å². The molecule has 2 aromatic carbocycles. The van der Waals surface area contributed by atoms with Crippen LogP contribution in [0.15, 0.2) is 42.5 Å². The molecule has 0 heterocycles. The van der Waals surface area contributed by atoms with E-state index in [4.69, 9.17) is 9.47 Å². The molecule has 116 valence electrons. The van der Waals surface area contributed by atoms with Crippen LogP contribution in [0.25, 0.3) is 0 Å². The highest BCUT2D eigenvalue weighted by atomic mass is 16.6. The molecule has 0 amide bonds. The maximum absolute atomic E-state index is 10.8. The van der Waals surface area contributed by atoms with Gasteiger partial charge in [-0.15, -0.1) is 0 Å². The fourth-order valence-corrected chi connectivity index (χ4v) is 2.02. The van der Waals surface area contributed by atoms with Crippen LogP contribution < -0.4 is 14.8 Å². The van der Waals surface area contributed by atoms with E-state index in [0.717, 1.165) is 11.3 Å². The summed E-state index contributed by atoms with van der Waals surface area (Å²) in [6.07, 6.45) is 0. The van der Waals surface area contributed by atoms with Crippen LogP contribution in [0.4, 0.5) is 11.4 Å². The van der Waals surface area contributed by atoms with Crippen LogP contribution in [0.3, 0.4) is 0 Å². The SMILES string of the molecule is CCOc1ccc(CNc2cc([N+](=O)[O-])ccc2OC)cc1. The second-order valence-electron chi connectivity index (χ2n) is 4.57. The van der Waals surface area contributed by atoms with Crippen molar-refractivity contribution in [3.8, 4) is 11.5 Å². The molecular formula is C16H18N2O4. The number of anilines is 1. The first-order valence-electron chi connectivity index (χ1n) is 6.92. The van der Waals surface area contributed by atoms with Crippen LogP contribution in [0, 0.1) is 10.1 Å². The van der Waals surface area contributed by atoms with Gasteiger partial charge in [0.2, 0.25) is 0 Å². The van der Waals surface area contributed by atoms with Crippen LogP contribution in [-0.2, 0) is 6.54 Å². The third-order valence-electron chi connectivity index (χ3n) is 3.11. The highest BCUT2D eigenvalue weighted by Gasteiger charge is 2.11. The highest BCUT2D eigenvalue weighted by molar-refractivity contribution is 5.61. The molecule has 0 aliphatic rings. The Bertz CT molecular complexity index is 641. The number of methoxy groups -OCH3 is 1. The lowest BCUT2D eigenvalue weighted by molar-refractivity contribution is -0.384. The number of hydrogen-bond donors (Lipinski definition) is 1. The summed E-state index contributed by atoms with van der Waals surface area (Å²) in [4.78, 5) is 10.4. The lowest BCUT2D eigenvalue weighted by atomic mass is 10.2. The Balaban J connectivity index is 2.09. The zero-order valence-corrected chi connectivity index (χ0v) is 12.5. The minimum absolute atomic E-state index is 0.0231. The van der Waals surface area contributed by atoms with Gasteiger partial charge in [0.05, 0.1) is 24.3 Å². The molecule has 0 spiro atoms. The lowest BCUT2D eigenvalue weighted by Crippen LogP contribution is -2.02. The number of ether oxygens (including phenoxy) is 2. The molecular weight excluding hydrogens is 284 g/mol. The largest absolute Gasteiger partial charge is 0.495 e. The standard InChI is InChI=1S/C16H18N2O4/c1-3-22-14-7-4-12(5-8-14)11-17-15-10-13(18(19)20)6-9-16(15)21-2/h4-10,17H,3,11H2,1-2H3. The molecule has 0 saturated carbocycles. The average molecular weight is 302 g/mol. The number of nitro benzene ring substituents is 1. The molecule has 0 radical (unpaired) electrons. The van der Waals surface area contributed by atoms with Crippen LogP contribution in [0.2, 0.25) is 0 Å². The van der Waals surface area contributed by atoms with Crippen LogP contribution in [0.5, 0.6) is 11.5 Å². The van der Waals surface area contributed by atoms with Crippen molar-refractivity contribution in [3.63, 3.8) is 0 Å². The summed E-state index contributed by atoms with van der Waals surface area (Å²) >= 11 is 0. The summed E-state index contributed by atoms with van der Waals surface area (Å²) in [5.41, 5.74) is 1.65. The molecule has 6 nitrogen and oxygen atoms in total. The summed E-state index contributed by atoms with van der Waals surface area (Å²) in [5.74, 6) is 1.38. The third kappa shape index (κ3) is 3.88. The van der Waals surface area contributed by atoms with Gasteiger partial charge in [-0.05, 0) is 30.7 Å². The second kappa shape index (κ2) is 7.31. The fourth-order valence-electron chi connectivity index (χ4n) is 2.02. The summed E-state index contributed by atoms with van der Waals surface area (Å²) in [6.45, 7) is 3.09. The molecule has 0 aliphatic carbocycles. The van der Waals surface area contributed by atoms with Gasteiger partial charge in [0, 0.05) is 18.7 Å².